The van der Waals surface area contributed by atoms with Crippen LogP contribution < -0.4 is 0 Å². The van der Waals surface area contributed by atoms with Gasteiger partial charge in [0.25, 0.3) is 0 Å². The molecule has 1 atom stereocenters. The fraction of sp³-hybridized carbons (Fsp3) is 0.125. The largest absolute Gasteiger partial charge is 0.380 e. The average Bonchev–Trinajstić information content (AvgIpc) is 2.47. The molecule has 0 radical (unpaired) electrons. The summed E-state index contributed by atoms with van der Waals surface area (Å²) in [7, 11) is 0. The van der Waals surface area contributed by atoms with Crippen molar-refractivity contribution in [3.8, 4) is 0 Å². The van der Waals surface area contributed by atoms with E-state index in [4.69, 9.17) is 0 Å². The summed E-state index contributed by atoms with van der Waals surface area (Å²) in [6.45, 7) is 0. The summed E-state index contributed by atoms with van der Waals surface area (Å²) < 4.78 is 0. The number of carbonyl (C=O) groups is 2. The van der Waals surface area contributed by atoms with Crippen LogP contribution in [0.1, 0.15) is 27.6 Å². The summed E-state index contributed by atoms with van der Waals surface area (Å²) in [5.74, 6) is -0.386. The van der Waals surface area contributed by atoms with Crippen molar-refractivity contribution in [3.05, 3.63) is 71.3 Å². The molecule has 2 aromatic carbocycles. The van der Waals surface area contributed by atoms with Crippen molar-refractivity contribution in [3.63, 3.8) is 0 Å². The Morgan fingerprint density at radius 3 is 2.37 bits per heavy atom. The van der Waals surface area contributed by atoms with Crippen molar-refractivity contribution < 1.29 is 14.7 Å². The van der Waals surface area contributed by atoms with Crippen LogP contribution in [0.2, 0.25) is 0 Å². The van der Waals surface area contributed by atoms with E-state index in [0.717, 1.165) is 6.29 Å². The summed E-state index contributed by atoms with van der Waals surface area (Å²) >= 11 is 0. The summed E-state index contributed by atoms with van der Waals surface area (Å²) in [6.07, 6.45) is -0.279. The first kappa shape index (κ1) is 13.2. The average molecular weight is 254 g/mol. The molecule has 19 heavy (non-hydrogen) atoms. The molecule has 0 aliphatic rings. The van der Waals surface area contributed by atoms with Crippen LogP contribution in [0.5, 0.6) is 0 Å². The molecule has 0 aromatic heterocycles. The number of hydrogen-bond donors (Lipinski definition) is 1. The van der Waals surface area contributed by atoms with E-state index in [9.17, 15) is 14.7 Å². The first-order valence-electron chi connectivity index (χ1n) is 6.03. The molecule has 0 amide bonds. The number of aliphatic hydroxyl groups excluding tert-OH is 1. The highest BCUT2D eigenvalue weighted by molar-refractivity contribution is 6.01. The number of aldehydes is 1. The van der Waals surface area contributed by atoms with Gasteiger partial charge < -0.3 is 9.90 Å². The van der Waals surface area contributed by atoms with Gasteiger partial charge in [-0.05, 0) is 11.1 Å². The highest BCUT2D eigenvalue weighted by atomic mass is 16.3. The minimum atomic E-state index is -1.20. The van der Waals surface area contributed by atoms with Gasteiger partial charge in [-0.25, -0.2) is 0 Å². The van der Waals surface area contributed by atoms with E-state index in [1.54, 1.807) is 48.5 Å². The molecule has 2 rings (SSSR count). The van der Waals surface area contributed by atoms with Gasteiger partial charge in [0.05, 0.1) is 0 Å². The van der Waals surface area contributed by atoms with Gasteiger partial charge in [0.1, 0.15) is 12.4 Å². The molecular weight excluding hydrogens is 240 g/mol. The number of carbonyl (C=O) groups excluding carboxylic acids is 2. The predicted molar refractivity (Wildman–Crippen MR) is 71.9 cm³/mol. The van der Waals surface area contributed by atoms with Crippen LogP contribution in [0.25, 0.3) is 0 Å². The molecule has 0 aliphatic carbocycles. The molecule has 1 N–H and O–H groups in total. The van der Waals surface area contributed by atoms with Crippen molar-refractivity contribution in [2.24, 2.45) is 0 Å². The Labute approximate surface area is 111 Å². The lowest BCUT2D eigenvalue weighted by molar-refractivity contribution is -0.107. The molecule has 2 aromatic rings. The van der Waals surface area contributed by atoms with E-state index < -0.39 is 6.10 Å². The molecule has 0 saturated carbocycles. The molecule has 0 aliphatic heterocycles. The number of hydrogen-bond acceptors (Lipinski definition) is 3. The Balaban J connectivity index is 2.32. The lowest BCUT2D eigenvalue weighted by Gasteiger charge is -2.12. The van der Waals surface area contributed by atoms with Gasteiger partial charge in [0.2, 0.25) is 0 Å². The van der Waals surface area contributed by atoms with Crippen molar-refractivity contribution >= 4 is 12.1 Å². The van der Waals surface area contributed by atoms with Crippen LogP contribution in [0, 0.1) is 0 Å². The number of aliphatic hydroxyl groups is 1. The van der Waals surface area contributed by atoms with Crippen molar-refractivity contribution in [2.45, 2.75) is 12.5 Å². The molecule has 1 unspecified atom stereocenters. The van der Waals surface area contributed by atoms with E-state index in [-0.39, 0.29) is 12.2 Å². The Morgan fingerprint density at radius 1 is 1.05 bits per heavy atom. The fourth-order valence-electron chi connectivity index (χ4n) is 1.96. The molecule has 0 heterocycles. The standard InChI is InChI=1S/C16H14O3/c17-11-10-12-6-4-5-9-14(12)16(19)15(18)13-7-2-1-3-8-13/h1-9,11,15,18H,10H2. The summed E-state index contributed by atoms with van der Waals surface area (Å²) in [5.41, 5.74) is 1.58. The maximum atomic E-state index is 12.3. The monoisotopic (exact) mass is 254 g/mol. The summed E-state index contributed by atoms with van der Waals surface area (Å²) in [5, 5.41) is 10.1. The minimum absolute atomic E-state index is 0.170. The zero-order valence-electron chi connectivity index (χ0n) is 10.3. The SMILES string of the molecule is O=CCc1ccccc1C(=O)C(O)c1ccccc1. The molecule has 3 nitrogen and oxygen atoms in total. The highest BCUT2D eigenvalue weighted by Crippen LogP contribution is 2.20. The zero-order valence-corrected chi connectivity index (χ0v) is 10.3. The van der Waals surface area contributed by atoms with E-state index in [0.29, 0.717) is 16.7 Å². The van der Waals surface area contributed by atoms with Gasteiger partial charge >= 0.3 is 0 Å². The van der Waals surface area contributed by atoms with Crippen LogP contribution in [-0.2, 0) is 11.2 Å². The van der Waals surface area contributed by atoms with Crippen LogP contribution in [0.3, 0.4) is 0 Å². The smallest absolute Gasteiger partial charge is 0.196 e. The molecule has 0 fully saturated rings. The van der Waals surface area contributed by atoms with E-state index in [2.05, 4.69) is 0 Å². The molecule has 96 valence electrons. The Hall–Kier alpha value is -2.26. The predicted octanol–water partition coefficient (Wildman–Crippen LogP) is 2.34. The fourth-order valence-corrected chi connectivity index (χ4v) is 1.96. The van der Waals surface area contributed by atoms with Gasteiger partial charge in [-0.2, -0.15) is 0 Å². The first-order chi connectivity index (χ1) is 9.24. The van der Waals surface area contributed by atoms with Crippen molar-refractivity contribution in [1.29, 1.82) is 0 Å². The third kappa shape index (κ3) is 2.95. The van der Waals surface area contributed by atoms with Crippen LogP contribution >= 0.6 is 0 Å². The van der Waals surface area contributed by atoms with Crippen molar-refractivity contribution in [2.75, 3.05) is 0 Å². The summed E-state index contributed by atoms with van der Waals surface area (Å²) in [4.78, 5) is 22.9. The Bertz CT molecular complexity index is 576. The second-order valence-corrected chi connectivity index (χ2v) is 4.21. The lowest BCUT2D eigenvalue weighted by atomic mass is 9.95. The van der Waals surface area contributed by atoms with Crippen molar-refractivity contribution in [1.82, 2.24) is 0 Å². The summed E-state index contributed by atoms with van der Waals surface area (Å²) in [6, 6.07) is 15.6. The second-order valence-electron chi connectivity index (χ2n) is 4.21. The Morgan fingerprint density at radius 2 is 1.68 bits per heavy atom. The number of benzene rings is 2. The van der Waals surface area contributed by atoms with Gasteiger partial charge in [0.15, 0.2) is 5.78 Å². The van der Waals surface area contributed by atoms with Crippen LogP contribution in [-0.4, -0.2) is 17.2 Å². The van der Waals surface area contributed by atoms with Crippen LogP contribution in [0.4, 0.5) is 0 Å². The number of rotatable bonds is 5. The minimum Gasteiger partial charge on any atom is -0.380 e. The first-order valence-corrected chi connectivity index (χ1v) is 6.03. The number of Topliss-reactive ketones (excluding diaryl/α,β-unsaturated/α-hetero) is 1. The Kier molecular flexibility index (Phi) is 4.21. The molecule has 0 spiro atoms. The molecule has 0 bridgehead atoms. The van der Waals surface area contributed by atoms with E-state index in [1.807, 2.05) is 6.07 Å². The third-order valence-electron chi connectivity index (χ3n) is 2.95. The highest BCUT2D eigenvalue weighted by Gasteiger charge is 2.20. The van der Waals surface area contributed by atoms with Gasteiger partial charge in [-0.3, -0.25) is 4.79 Å². The maximum absolute atomic E-state index is 12.3. The topological polar surface area (TPSA) is 54.4 Å². The lowest BCUT2D eigenvalue weighted by Crippen LogP contribution is -2.14. The molecular formula is C16H14O3. The zero-order chi connectivity index (χ0) is 13.7. The normalized spacial score (nSPS) is 11.8. The van der Waals surface area contributed by atoms with E-state index in [1.165, 1.54) is 0 Å². The quantitative estimate of drug-likeness (QED) is 0.658. The number of ketones is 1. The second kappa shape index (κ2) is 6.07. The van der Waals surface area contributed by atoms with Gasteiger partial charge in [0, 0.05) is 12.0 Å². The third-order valence-corrected chi connectivity index (χ3v) is 2.95. The maximum Gasteiger partial charge on any atom is 0.196 e. The van der Waals surface area contributed by atoms with Crippen LogP contribution in [0.15, 0.2) is 54.6 Å². The van der Waals surface area contributed by atoms with Gasteiger partial charge in [-0.1, -0.05) is 54.6 Å². The molecule has 0 saturated heterocycles. The molecule has 3 heteroatoms. The van der Waals surface area contributed by atoms with Gasteiger partial charge in [-0.15, -0.1) is 0 Å². The van der Waals surface area contributed by atoms with E-state index >= 15 is 0 Å².